The molecule has 110 valence electrons. The Labute approximate surface area is 128 Å². The maximum atomic E-state index is 11.2. The number of hydrogen-bond acceptors (Lipinski definition) is 3. The summed E-state index contributed by atoms with van der Waals surface area (Å²) >= 11 is 3.64. The van der Waals surface area contributed by atoms with Gasteiger partial charge in [0, 0.05) is 24.1 Å². The first-order valence-corrected chi connectivity index (χ1v) is 7.94. The molecule has 0 spiro atoms. The number of nitrogens with two attached hydrogens (primary N) is 1. The van der Waals surface area contributed by atoms with E-state index in [1.165, 1.54) is 5.56 Å². The van der Waals surface area contributed by atoms with Crippen LogP contribution in [0.4, 0.5) is 5.69 Å². The van der Waals surface area contributed by atoms with Gasteiger partial charge < -0.3 is 16.0 Å². The molecule has 20 heavy (non-hydrogen) atoms. The molecule has 0 bridgehead atoms. The minimum atomic E-state index is -0.191. The van der Waals surface area contributed by atoms with Gasteiger partial charge in [-0.2, -0.15) is 0 Å². The molecule has 1 atom stereocenters. The van der Waals surface area contributed by atoms with E-state index < -0.39 is 0 Å². The average Bonchev–Trinajstić information content (AvgIpc) is 2.89. The largest absolute Gasteiger partial charge is 0.370 e. The second kappa shape index (κ2) is 7.09. The van der Waals surface area contributed by atoms with Crippen LogP contribution < -0.4 is 16.0 Å². The van der Waals surface area contributed by atoms with Gasteiger partial charge in [-0.25, -0.2) is 0 Å². The summed E-state index contributed by atoms with van der Waals surface area (Å²) in [5.74, 6) is -0.211. The van der Waals surface area contributed by atoms with Crippen LogP contribution in [0.25, 0.3) is 0 Å². The van der Waals surface area contributed by atoms with E-state index in [0.29, 0.717) is 0 Å². The van der Waals surface area contributed by atoms with Crippen molar-refractivity contribution in [1.29, 1.82) is 0 Å². The summed E-state index contributed by atoms with van der Waals surface area (Å²) in [5, 5.41) is 3.39. The van der Waals surface area contributed by atoms with Gasteiger partial charge in [-0.3, -0.25) is 4.79 Å². The number of nitrogens with one attached hydrogen (secondary N) is 1. The molecule has 1 aromatic carbocycles. The number of carbonyl (C=O) groups is 1. The Balaban J connectivity index is 2.01. The Morgan fingerprint density at radius 1 is 1.55 bits per heavy atom. The van der Waals surface area contributed by atoms with Crippen molar-refractivity contribution in [1.82, 2.24) is 5.32 Å². The van der Waals surface area contributed by atoms with E-state index in [9.17, 15) is 4.79 Å². The van der Waals surface area contributed by atoms with Crippen molar-refractivity contribution in [3.05, 3.63) is 28.2 Å². The molecule has 1 amide bonds. The Kier molecular flexibility index (Phi) is 5.43. The average molecular weight is 340 g/mol. The van der Waals surface area contributed by atoms with Crippen LogP contribution in [0.5, 0.6) is 0 Å². The third kappa shape index (κ3) is 3.73. The molecular formula is C15H22BrN3O. The molecule has 1 aromatic rings. The maximum Gasteiger partial charge on any atom is 0.222 e. The molecular weight excluding hydrogens is 318 g/mol. The van der Waals surface area contributed by atoms with E-state index in [1.54, 1.807) is 0 Å². The van der Waals surface area contributed by atoms with E-state index >= 15 is 0 Å². The zero-order valence-electron chi connectivity index (χ0n) is 11.9. The second-order valence-electron chi connectivity index (χ2n) is 5.30. The summed E-state index contributed by atoms with van der Waals surface area (Å²) in [4.78, 5) is 13.5. The maximum absolute atomic E-state index is 11.2. The van der Waals surface area contributed by atoms with E-state index in [-0.39, 0.29) is 11.8 Å². The van der Waals surface area contributed by atoms with E-state index in [2.05, 4.69) is 51.3 Å². The number of rotatable bonds is 6. The van der Waals surface area contributed by atoms with Crippen LogP contribution in [0.3, 0.4) is 0 Å². The molecule has 1 saturated heterocycles. The van der Waals surface area contributed by atoms with Crippen molar-refractivity contribution in [2.45, 2.75) is 26.3 Å². The highest BCUT2D eigenvalue weighted by molar-refractivity contribution is 9.10. The predicted molar refractivity (Wildman–Crippen MR) is 85.7 cm³/mol. The zero-order chi connectivity index (χ0) is 14.5. The van der Waals surface area contributed by atoms with Crippen LogP contribution in [0.2, 0.25) is 0 Å². The standard InChI is InChI=1S/C15H22BrN3O/c1-2-6-18-9-11-3-4-14(13(16)8-11)19-7-5-12(10-19)15(17)20/h3-4,8,12,18H,2,5-7,9-10H2,1H3,(H2,17,20). The van der Waals surface area contributed by atoms with Gasteiger partial charge in [0.25, 0.3) is 0 Å². The molecule has 5 heteroatoms. The Morgan fingerprint density at radius 3 is 2.95 bits per heavy atom. The first kappa shape index (κ1) is 15.3. The number of anilines is 1. The summed E-state index contributed by atoms with van der Waals surface area (Å²) in [7, 11) is 0. The highest BCUT2D eigenvalue weighted by Gasteiger charge is 2.27. The molecule has 1 heterocycles. The Hall–Kier alpha value is -1.07. The molecule has 0 radical (unpaired) electrons. The van der Waals surface area contributed by atoms with Gasteiger partial charge in [-0.05, 0) is 53.0 Å². The van der Waals surface area contributed by atoms with Crippen molar-refractivity contribution in [3.63, 3.8) is 0 Å². The smallest absolute Gasteiger partial charge is 0.222 e. The lowest BCUT2D eigenvalue weighted by molar-refractivity contribution is -0.121. The van der Waals surface area contributed by atoms with Crippen LogP contribution in [-0.2, 0) is 11.3 Å². The number of hydrogen-bond donors (Lipinski definition) is 2. The molecule has 1 unspecified atom stereocenters. The molecule has 0 saturated carbocycles. The number of benzene rings is 1. The monoisotopic (exact) mass is 339 g/mol. The summed E-state index contributed by atoms with van der Waals surface area (Å²) in [5.41, 5.74) is 7.79. The van der Waals surface area contributed by atoms with Crippen molar-refractivity contribution < 1.29 is 4.79 Å². The van der Waals surface area contributed by atoms with Crippen LogP contribution in [0.15, 0.2) is 22.7 Å². The van der Waals surface area contributed by atoms with Gasteiger partial charge in [0.1, 0.15) is 0 Å². The van der Waals surface area contributed by atoms with Crippen molar-refractivity contribution in [2.75, 3.05) is 24.5 Å². The quantitative estimate of drug-likeness (QED) is 0.781. The van der Waals surface area contributed by atoms with Crippen LogP contribution in [0.1, 0.15) is 25.3 Å². The topological polar surface area (TPSA) is 58.4 Å². The van der Waals surface area contributed by atoms with E-state index in [0.717, 1.165) is 49.2 Å². The Morgan fingerprint density at radius 2 is 2.35 bits per heavy atom. The molecule has 0 aromatic heterocycles. The zero-order valence-corrected chi connectivity index (χ0v) is 13.4. The molecule has 1 aliphatic rings. The van der Waals surface area contributed by atoms with E-state index in [1.807, 2.05) is 0 Å². The third-order valence-electron chi connectivity index (χ3n) is 3.70. The summed E-state index contributed by atoms with van der Waals surface area (Å²) < 4.78 is 1.08. The van der Waals surface area contributed by atoms with Gasteiger partial charge in [-0.15, -0.1) is 0 Å². The predicted octanol–water partition coefficient (Wildman–Crippen LogP) is 2.26. The number of nitrogens with zero attached hydrogens (tertiary/aromatic N) is 1. The normalized spacial score (nSPS) is 18.5. The lowest BCUT2D eigenvalue weighted by atomic mass is 10.1. The molecule has 3 N–H and O–H groups in total. The van der Waals surface area contributed by atoms with Gasteiger partial charge in [-0.1, -0.05) is 13.0 Å². The third-order valence-corrected chi connectivity index (χ3v) is 4.33. The lowest BCUT2D eigenvalue weighted by Crippen LogP contribution is -2.27. The Bertz CT molecular complexity index is 478. The summed E-state index contributed by atoms with van der Waals surface area (Å²) in [6, 6.07) is 6.41. The van der Waals surface area contributed by atoms with Gasteiger partial charge in [0.15, 0.2) is 0 Å². The number of halogens is 1. The highest BCUT2D eigenvalue weighted by atomic mass is 79.9. The fourth-order valence-electron chi connectivity index (χ4n) is 2.54. The molecule has 2 rings (SSSR count). The second-order valence-corrected chi connectivity index (χ2v) is 6.15. The van der Waals surface area contributed by atoms with E-state index in [4.69, 9.17) is 5.73 Å². The van der Waals surface area contributed by atoms with Gasteiger partial charge >= 0.3 is 0 Å². The first-order chi connectivity index (χ1) is 9.61. The molecule has 1 fully saturated rings. The van der Waals surface area contributed by atoms with Crippen LogP contribution >= 0.6 is 15.9 Å². The lowest BCUT2D eigenvalue weighted by Gasteiger charge is -2.20. The SMILES string of the molecule is CCCNCc1ccc(N2CCC(C(N)=O)C2)c(Br)c1. The minimum absolute atomic E-state index is 0.0206. The molecule has 1 aliphatic heterocycles. The molecule has 4 nitrogen and oxygen atoms in total. The minimum Gasteiger partial charge on any atom is -0.370 e. The first-order valence-electron chi connectivity index (χ1n) is 7.15. The fraction of sp³-hybridized carbons (Fsp3) is 0.533. The van der Waals surface area contributed by atoms with Crippen molar-refractivity contribution in [2.24, 2.45) is 11.7 Å². The highest BCUT2D eigenvalue weighted by Crippen LogP contribution is 2.31. The van der Waals surface area contributed by atoms with Crippen LogP contribution in [0, 0.1) is 5.92 Å². The van der Waals surface area contributed by atoms with Gasteiger partial charge in [0.2, 0.25) is 5.91 Å². The van der Waals surface area contributed by atoms with Crippen molar-refractivity contribution >= 4 is 27.5 Å². The summed E-state index contributed by atoms with van der Waals surface area (Å²) in [6.07, 6.45) is 1.99. The number of carbonyl (C=O) groups excluding carboxylic acids is 1. The van der Waals surface area contributed by atoms with Crippen LogP contribution in [-0.4, -0.2) is 25.5 Å². The number of amides is 1. The van der Waals surface area contributed by atoms with Crippen molar-refractivity contribution in [3.8, 4) is 0 Å². The number of primary amides is 1. The summed E-state index contributed by atoms with van der Waals surface area (Å²) in [6.45, 7) is 5.69. The molecule has 0 aliphatic carbocycles. The fourth-order valence-corrected chi connectivity index (χ4v) is 3.21. The van der Waals surface area contributed by atoms with Gasteiger partial charge in [0.05, 0.1) is 11.6 Å².